The van der Waals surface area contributed by atoms with Gasteiger partial charge in [-0.2, -0.15) is 0 Å². The zero-order valence-corrected chi connectivity index (χ0v) is 12.6. The van der Waals surface area contributed by atoms with Crippen molar-refractivity contribution in [2.45, 2.75) is 40.0 Å². The molecule has 0 radical (unpaired) electrons. The van der Waals surface area contributed by atoms with Gasteiger partial charge in [0.05, 0.1) is 12.4 Å². The van der Waals surface area contributed by atoms with E-state index in [-0.39, 0.29) is 12.3 Å². The molecule has 4 unspecified atom stereocenters. The summed E-state index contributed by atoms with van der Waals surface area (Å²) in [4.78, 5) is 13.4. The lowest BCUT2D eigenvalue weighted by atomic mass is 9.93. The molecule has 0 bridgehead atoms. The second-order valence-electron chi connectivity index (χ2n) is 5.64. The highest BCUT2D eigenvalue weighted by Crippen LogP contribution is 2.39. The van der Waals surface area contributed by atoms with Crippen molar-refractivity contribution in [1.82, 2.24) is 19.5 Å². The largest absolute Gasteiger partial charge is 0.371 e. The second-order valence-corrected chi connectivity index (χ2v) is 5.64. The Bertz CT molecular complexity index is 638. The molecule has 4 atom stereocenters. The van der Waals surface area contributed by atoms with Crippen LogP contribution in [0.1, 0.15) is 32.8 Å². The topological polar surface area (TPSA) is 64.9 Å². The molecule has 2 aromatic heterocycles. The van der Waals surface area contributed by atoms with E-state index in [4.69, 9.17) is 4.74 Å². The van der Waals surface area contributed by atoms with Crippen LogP contribution in [0.15, 0.2) is 6.33 Å². The molecule has 0 aromatic carbocycles. The van der Waals surface area contributed by atoms with Crippen molar-refractivity contribution < 1.29 is 4.74 Å². The van der Waals surface area contributed by atoms with Crippen LogP contribution in [0.2, 0.25) is 0 Å². The first-order valence-corrected chi connectivity index (χ1v) is 7.07. The molecule has 108 valence electrons. The van der Waals surface area contributed by atoms with E-state index in [1.807, 2.05) is 24.9 Å². The maximum absolute atomic E-state index is 6.09. The summed E-state index contributed by atoms with van der Waals surface area (Å²) >= 11 is 0. The van der Waals surface area contributed by atoms with Crippen molar-refractivity contribution in [1.29, 1.82) is 0 Å². The number of nitrogens with one attached hydrogen (secondary N) is 1. The fourth-order valence-corrected chi connectivity index (χ4v) is 2.86. The standard InChI is InChI=1S/C14H21N5O/c1-7-8(2)14(20-9(7)3)19-6-16-11-12(15-5)17-10(4)18-13(11)19/h6-9,14H,1-5H3,(H,15,17,18). The van der Waals surface area contributed by atoms with Crippen LogP contribution in [0.4, 0.5) is 5.82 Å². The number of anilines is 1. The monoisotopic (exact) mass is 275 g/mol. The molecular formula is C14H21N5O. The Balaban J connectivity index is 2.11. The minimum absolute atomic E-state index is 0.0102. The Morgan fingerprint density at radius 2 is 1.95 bits per heavy atom. The van der Waals surface area contributed by atoms with Crippen molar-refractivity contribution in [2.24, 2.45) is 11.8 Å². The van der Waals surface area contributed by atoms with E-state index in [0.717, 1.165) is 22.8 Å². The van der Waals surface area contributed by atoms with Gasteiger partial charge >= 0.3 is 0 Å². The van der Waals surface area contributed by atoms with Gasteiger partial charge in [0.2, 0.25) is 0 Å². The smallest absolute Gasteiger partial charge is 0.167 e. The predicted molar refractivity (Wildman–Crippen MR) is 77.5 cm³/mol. The van der Waals surface area contributed by atoms with E-state index in [1.165, 1.54) is 0 Å². The van der Waals surface area contributed by atoms with Gasteiger partial charge in [-0.3, -0.25) is 4.57 Å². The molecule has 1 N–H and O–H groups in total. The molecule has 6 heteroatoms. The van der Waals surface area contributed by atoms with Crippen LogP contribution >= 0.6 is 0 Å². The maximum atomic E-state index is 6.09. The number of ether oxygens (including phenoxy) is 1. The van der Waals surface area contributed by atoms with Gasteiger partial charge < -0.3 is 10.1 Å². The number of imidazole rings is 1. The third kappa shape index (κ3) is 1.86. The lowest BCUT2D eigenvalue weighted by Crippen LogP contribution is -2.15. The summed E-state index contributed by atoms with van der Waals surface area (Å²) in [7, 11) is 1.85. The van der Waals surface area contributed by atoms with Crippen LogP contribution in [-0.4, -0.2) is 32.7 Å². The molecule has 2 aromatic rings. The quantitative estimate of drug-likeness (QED) is 0.911. The lowest BCUT2D eigenvalue weighted by molar-refractivity contribution is -0.00236. The number of fused-ring (bicyclic) bond motifs is 1. The van der Waals surface area contributed by atoms with Crippen molar-refractivity contribution in [3.8, 4) is 0 Å². The van der Waals surface area contributed by atoms with Gasteiger partial charge in [0.1, 0.15) is 12.1 Å². The highest BCUT2D eigenvalue weighted by molar-refractivity contribution is 5.82. The minimum atomic E-state index is -0.0102. The van der Waals surface area contributed by atoms with Crippen molar-refractivity contribution >= 4 is 17.0 Å². The molecule has 0 aliphatic carbocycles. The summed E-state index contributed by atoms with van der Waals surface area (Å²) in [5, 5.41) is 3.08. The van der Waals surface area contributed by atoms with Gasteiger partial charge in [0, 0.05) is 13.0 Å². The molecule has 6 nitrogen and oxygen atoms in total. The van der Waals surface area contributed by atoms with E-state index in [2.05, 4.69) is 41.0 Å². The normalized spacial score (nSPS) is 30.1. The van der Waals surface area contributed by atoms with Gasteiger partial charge in [0.25, 0.3) is 0 Å². The second kappa shape index (κ2) is 4.70. The fourth-order valence-electron chi connectivity index (χ4n) is 2.86. The number of nitrogens with zero attached hydrogens (tertiary/aromatic N) is 4. The first-order valence-electron chi connectivity index (χ1n) is 7.07. The summed E-state index contributed by atoms with van der Waals surface area (Å²) in [5.74, 6) is 2.44. The average Bonchev–Trinajstić information content (AvgIpc) is 2.94. The van der Waals surface area contributed by atoms with Crippen molar-refractivity contribution in [3.63, 3.8) is 0 Å². The van der Waals surface area contributed by atoms with E-state index < -0.39 is 0 Å². The number of hydrogen-bond acceptors (Lipinski definition) is 5. The summed E-state index contributed by atoms with van der Waals surface area (Å²) in [6, 6.07) is 0. The molecule has 1 fully saturated rings. The van der Waals surface area contributed by atoms with Crippen molar-refractivity contribution in [2.75, 3.05) is 12.4 Å². The zero-order valence-electron chi connectivity index (χ0n) is 12.6. The number of rotatable bonds is 2. The van der Waals surface area contributed by atoms with Gasteiger partial charge in [-0.25, -0.2) is 15.0 Å². The summed E-state index contributed by atoms with van der Waals surface area (Å²) < 4.78 is 8.13. The highest BCUT2D eigenvalue weighted by Gasteiger charge is 2.38. The van der Waals surface area contributed by atoms with Crippen LogP contribution in [-0.2, 0) is 4.74 Å². The first kappa shape index (κ1) is 13.3. The Morgan fingerprint density at radius 3 is 2.55 bits per heavy atom. The van der Waals surface area contributed by atoms with Crippen LogP contribution < -0.4 is 5.32 Å². The molecule has 20 heavy (non-hydrogen) atoms. The Labute approximate surface area is 118 Å². The third-order valence-corrected chi connectivity index (χ3v) is 4.42. The molecule has 1 aliphatic heterocycles. The van der Waals surface area contributed by atoms with Gasteiger partial charge in [-0.15, -0.1) is 0 Å². The van der Waals surface area contributed by atoms with Gasteiger partial charge in [0.15, 0.2) is 17.0 Å². The number of aromatic nitrogens is 4. The van der Waals surface area contributed by atoms with Gasteiger partial charge in [-0.1, -0.05) is 13.8 Å². The summed E-state index contributed by atoms with van der Waals surface area (Å²) in [6.45, 7) is 8.47. The summed E-state index contributed by atoms with van der Waals surface area (Å²) in [5.41, 5.74) is 1.63. The van der Waals surface area contributed by atoms with Crippen LogP contribution in [0.5, 0.6) is 0 Å². The SMILES string of the molecule is CNc1nc(C)nc2c1ncn2C1OC(C)C(C)C1C. The van der Waals surface area contributed by atoms with E-state index in [1.54, 1.807) is 0 Å². The molecule has 3 heterocycles. The molecule has 0 amide bonds. The Hall–Kier alpha value is -1.69. The first-order chi connectivity index (χ1) is 9.52. The number of aryl methyl sites for hydroxylation is 1. The van der Waals surface area contributed by atoms with E-state index >= 15 is 0 Å². The predicted octanol–water partition coefficient (Wildman–Crippen LogP) is 2.37. The third-order valence-electron chi connectivity index (χ3n) is 4.42. The zero-order chi connectivity index (χ0) is 14.4. The Morgan fingerprint density at radius 1 is 1.20 bits per heavy atom. The highest BCUT2D eigenvalue weighted by atomic mass is 16.5. The van der Waals surface area contributed by atoms with Gasteiger partial charge in [-0.05, 0) is 19.8 Å². The minimum Gasteiger partial charge on any atom is -0.371 e. The van der Waals surface area contributed by atoms with Crippen LogP contribution in [0, 0.1) is 18.8 Å². The van der Waals surface area contributed by atoms with Crippen LogP contribution in [0.3, 0.4) is 0 Å². The number of hydrogen-bond donors (Lipinski definition) is 1. The van der Waals surface area contributed by atoms with E-state index in [9.17, 15) is 0 Å². The lowest BCUT2D eigenvalue weighted by Gasteiger charge is -2.18. The average molecular weight is 275 g/mol. The molecule has 0 spiro atoms. The molecular weight excluding hydrogens is 254 g/mol. The Kier molecular flexibility index (Phi) is 3.12. The molecule has 3 rings (SSSR count). The molecule has 1 saturated heterocycles. The van der Waals surface area contributed by atoms with Crippen LogP contribution in [0.25, 0.3) is 11.2 Å². The van der Waals surface area contributed by atoms with Crippen molar-refractivity contribution in [3.05, 3.63) is 12.2 Å². The molecule has 0 saturated carbocycles. The fraction of sp³-hybridized carbons (Fsp3) is 0.643. The molecule has 1 aliphatic rings. The maximum Gasteiger partial charge on any atom is 0.167 e. The van der Waals surface area contributed by atoms with E-state index in [0.29, 0.717) is 11.8 Å². The summed E-state index contributed by atoms with van der Waals surface area (Å²) in [6.07, 6.45) is 2.05.